The summed E-state index contributed by atoms with van der Waals surface area (Å²) in [4.78, 5) is 11.7. The highest BCUT2D eigenvalue weighted by atomic mass is 32.2. The van der Waals surface area contributed by atoms with Gasteiger partial charge in [0.25, 0.3) is 0 Å². The van der Waals surface area contributed by atoms with Crippen LogP contribution in [0.5, 0.6) is 0 Å². The van der Waals surface area contributed by atoms with Gasteiger partial charge in [0.2, 0.25) is 5.91 Å². The van der Waals surface area contributed by atoms with Crippen LogP contribution in [-0.2, 0) is 4.79 Å². The van der Waals surface area contributed by atoms with Crippen molar-refractivity contribution in [2.75, 3.05) is 12.3 Å². The second-order valence-corrected chi connectivity index (χ2v) is 6.67. The second-order valence-electron chi connectivity index (χ2n) is 5.19. The van der Waals surface area contributed by atoms with E-state index in [-0.39, 0.29) is 23.5 Å². The van der Waals surface area contributed by atoms with Crippen LogP contribution in [0.1, 0.15) is 25.3 Å². The Morgan fingerprint density at radius 2 is 2.24 bits per heavy atom. The molecular weight excluding hydrogens is 289 g/mol. The molecule has 0 unspecified atom stereocenters. The fourth-order valence-corrected chi connectivity index (χ4v) is 3.48. The molecule has 1 aromatic carbocycles. The first-order valence-electron chi connectivity index (χ1n) is 7.09. The third-order valence-corrected chi connectivity index (χ3v) is 5.08. The van der Waals surface area contributed by atoms with Crippen LogP contribution < -0.4 is 5.32 Å². The molecule has 5 heteroatoms. The minimum absolute atomic E-state index is 0.212. The minimum Gasteiger partial charge on any atom is -0.387 e. The van der Waals surface area contributed by atoms with Gasteiger partial charge >= 0.3 is 0 Å². The van der Waals surface area contributed by atoms with Gasteiger partial charge in [0, 0.05) is 17.9 Å². The average molecular weight is 309 g/mol. The SMILES string of the molecule is CCS[C@@H]1CC[C@]1(O)CNC(=O)/C=C/c1ccc(F)cc1. The number of aliphatic hydroxyl groups is 1. The number of carbonyl (C=O) groups excluding carboxylic acids is 1. The molecule has 2 atom stereocenters. The summed E-state index contributed by atoms with van der Waals surface area (Å²) < 4.78 is 12.7. The number of benzene rings is 1. The largest absolute Gasteiger partial charge is 0.387 e. The highest BCUT2D eigenvalue weighted by Crippen LogP contribution is 2.40. The summed E-state index contributed by atoms with van der Waals surface area (Å²) >= 11 is 1.73. The molecule has 1 amide bonds. The standard InChI is InChI=1S/C16H20FNO2S/c1-2-21-14-9-10-16(14,20)11-18-15(19)8-5-12-3-6-13(17)7-4-12/h3-8,14,20H,2,9-11H2,1H3,(H,18,19)/b8-5+/t14-,16+/m1/s1. The summed E-state index contributed by atoms with van der Waals surface area (Å²) in [5.41, 5.74) is -0.0200. The molecule has 2 N–H and O–H groups in total. The van der Waals surface area contributed by atoms with Crippen LogP contribution >= 0.6 is 11.8 Å². The quantitative estimate of drug-likeness (QED) is 0.794. The molecule has 2 rings (SSSR count). The van der Waals surface area contributed by atoms with Gasteiger partial charge in [0.05, 0.1) is 5.60 Å². The lowest BCUT2D eigenvalue weighted by atomic mass is 9.79. The number of nitrogens with one attached hydrogen (secondary N) is 1. The van der Waals surface area contributed by atoms with Crippen LogP contribution in [0.2, 0.25) is 0 Å². The van der Waals surface area contributed by atoms with E-state index in [0.717, 1.165) is 24.2 Å². The molecule has 1 aromatic rings. The van der Waals surface area contributed by atoms with Gasteiger partial charge in [-0.25, -0.2) is 4.39 Å². The van der Waals surface area contributed by atoms with Crippen LogP contribution in [0.3, 0.4) is 0 Å². The summed E-state index contributed by atoms with van der Waals surface area (Å²) in [7, 11) is 0. The maximum atomic E-state index is 12.7. The van der Waals surface area contributed by atoms with Gasteiger partial charge in [-0.2, -0.15) is 11.8 Å². The fourth-order valence-electron chi connectivity index (χ4n) is 2.28. The summed E-state index contributed by atoms with van der Waals surface area (Å²) in [6.45, 7) is 2.34. The van der Waals surface area contributed by atoms with Crippen LogP contribution in [0.4, 0.5) is 4.39 Å². The number of rotatable bonds is 6. The zero-order valence-corrected chi connectivity index (χ0v) is 12.8. The Kier molecular flexibility index (Phi) is 5.42. The molecule has 0 bridgehead atoms. The molecule has 0 aromatic heterocycles. The predicted molar refractivity (Wildman–Crippen MR) is 84.5 cm³/mol. The first kappa shape index (κ1) is 16.0. The van der Waals surface area contributed by atoms with Crippen molar-refractivity contribution in [1.82, 2.24) is 5.32 Å². The van der Waals surface area contributed by atoms with Crippen molar-refractivity contribution < 1.29 is 14.3 Å². The third-order valence-electron chi connectivity index (χ3n) is 3.67. The average Bonchev–Trinajstić information content (AvgIpc) is 2.48. The second kappa shape index (κ2) is 7.09. The first-order chi connectivity index (χ1) is 10.0. The Morgan fingerprint density at radius 3 is 2.81 bits per heavy atom. The van der Waals surface area contributed by atoms with E-state index in [2.05, 4.69) is 12.2 Å². The lowest BCUT2D eigenvalue weighted by Gasteiger charge is -2.44. The van der Waals surface area contributed by atoms with E-state index in [1.165, 1.54) is 18.2 Å². The van der Waals surface area contributed by atoms with Crippen molar-refractivity contribution in [3.05, 3.63) is 41.7 Å². The smallest absolute Gasteiger partial charge is 0.244 e. The number of thioether (sulfide) groups is 1. The van der Waals surface area contributed by atoms with E-state index < -0.39 is 5.60 Å². The Balaban J connectivity index is 1.81. The van der Waals surface area contributed by atoms with E-state index in [4.69, 9.17) is 0 Å². The molecule has 0 heterocycles. The molecule has 3 nitrogen and oxygen atoms in total. The molecule has 1 saturated carbocycles. The number of carbonyl (C=O) groups is 1. The molecule has 0 radical (unpaired) electrons. The monoisotopic (exact) mass is 309 g/mol. The summed E-state index contributed by atoms with van der Waals surface area (Å²) in [6, 6.07) is 5.90. The van der Waals surface area contributed by atoms with Gasteiger partial charge < -0.3 is 10.4 Å². The van der Waals surface area contributed by atoms with Gasteiger partial charge in [-0.1, -0.05) is 19.1 Å². The summed E-state index contributed by atoms with van der Waals surface area (Å²) in [5, 5.41) is 13.3. The zero-order chi connectivity index (χ0) is 15.3. The number of amides is 1. The summed E-state index contributed by atoms with van der Waals surface area (Å²) in [6.07, 6.45) is 4.75. The highest BCUT2D eigenvalue weighted by molar-refractivity contribution is 8.00. The van der Waals surface area contributed by atoms with E-state index in [9.17, 15) is 14.3 Å². The molecule has 114 valence electrons. The molecule has 0 saturated heterocycles. The molecule has 21 heavy (non-hydrogen) atoms. The Bertz CT molecular complexity index is 518. The topological polar surface area (TPSA) is 49.3 Å². The van der Waals surface area contributed by atoms with Crippen molar-refractivity contribution in [3.8, 4) is 0 Å². The van der Waals surface area contributed by atoms with Gasteiger partial charge in [0.1, 0.15) is 5.82 Å². The number of hydrogen-bond donors (Lipinski definition) is 2. The normalized spacial score (nSPS) is 24.8. The van der Waals surface area contributed by atoms with Crippen LogP contribution in [0, 0.1) is 5.82 Å². The van der Waals surface area contributed by atoms with Gasteiger partial charge in [0.15, 0.2) is 0 Å². The fraction of sp³-hybridized carbons (Fsp3) is 0.438. The maximum Gasteiger partial charge on any atom is 0.244 e. The van der Waals surface area contributed by atoms with E-state index in [1.807, 2.05) is 0 Å². The van der Waals surface area contributed by atoms with Gasteiger partial charge in [-0.3, -0.25) is 4.79 Å². The molecule has 0 spiro atoms. The molecule has 1 aliphatic rings. The van der Waals surface area contributed by atoms with Gasteiger partial charge in [-0.15, -0.1) is 0 Å². The Morgan fingerprint density at radius 1 is 1.52 bits per heavy atom. The molecule has 0 aliphatic heterocycles. The zero-order valence-electron chi connectivity index (χ0n) is 12.0. The first-order valence-corrected chi connectivity index (χ1v) is 8.14. The number of halogens is 1. The molecule has 1 aliphatic carbocycles. The minimum atomic E-state index is -0.778. The lowest BCUT2D eigenvalue weighted by Crippen LogP contribution is -2.56. The summed E-state index contributed by atoms with van der Waals surface area (Å²) in [5.74, 6) is 0.411. The van der Waals surface area contributed by atoms with Gasteiger partial charge in [-0.05, 0) is 42.4 Å². The molecule has 1 fully saturated rings. The Hall–Kier alpha value is -1.33. The van der Waals surface area contributed by atoms with Crippen molar-refractivity contribution in [1.29, 1.82) is 0 Å². The van der Waals surface area contributed by atoms with Crippen molar-refractivity contribution in [3.63, 3.8) is 0 Å². The van der Waals surface area contributed by atoms with E-state index in [0.29, 0.717) is 0 Å². The Labute approximate surface area is 128 Å². The maximum absolute atomic E-state index is 12.7. The lowest BCUT2D eigenvalue weighted by molar-refractivity contribution is -0.118. The van der Waals surface area contributed by atoms with Crippen molar-refractivity contribution >= 4 is 23.7 Å². The van der Waals surface area contributed by atoms with Crippen molar-refractivity contribution in [2.45, 2.75) is 30.6 Å². The van der Waals surface area contributed by atoms with Crippen LogP contribution in [0.25, 0.3) is 6.08 Å². The van der Waals surface area contributed by atoms with E-state index in [1.54, 1.807) is 30.0 Å². The number of hydrogen-bond acceptors (Lipinski definition) is 3. The highest BCUT2D eigenvalue weighted by Gasteiger charge is 2.45. The predicted octanol–water partition coefficient (Wildman–Crippen LogP) is 2.60. The van der Waals surface area contributed by atoms with E-state index >= 15 is 0 Å². The van der Waals surface area contributed by atoms with Crippen molar-refractivity contribution in [2.24, 2.45) is 0 Å². The third kappa shape index (κ3) is 4.32. The van der Waals surface area contributed by atoms with Crippen LogP contribution in [0.15, 0.2) is 30.3 Å². The molecular formula is C16H20FNO2S. The van der Waals surface area contributed by atoms with Crippen LogP contribution in [-0.4, -0.2) is 34.2 Å².